The Bertz CT molecular complexity index is 662. The molecule has 1 saturated heterocycles. The number of piperidine rings is 1. The second kappa shape index (κ2) is 7.90. The lowest BCUT2D eigenvalue weighted by Gasteiger charge is -2.36. The highest BCUT2D eigenvalue weighted by Crippen LogP contribution is 2.24. The van der Waals surface area contributed by atoms with E-state index >= 15 is 0 Å². The number of rotatable bonds is 5. The van der Waals surface area contributed by atoms with Crippen LogP contribution >= 0.6 is 11.3 Å². The van der Waals surface area contributed by atoms with Gasteiger partial charge in [0.25, 0.3) is 0 Å². The number of hydrogen-bond acceptors (Lipinski definition) is 4. The first-order valence-corrected chi connectivity index (χ1v) is 9.53. The maximum Gasteiger partial charge on any atom is 0.228 e. The van der Waals surface area contributed by atoms with Crippen LogP contribution in [0.5, 0.6) is 0 Å². The number of aromatic nitrogens is 1. The number of carbonyl (C=O) groups excluding carboxylic acids is 1. The third-order valence-electron chi connectivity index (χ3n) is 4.85. The Morgan fingerprint density at radius 3 is 2.67 bits per heavy atom. The molecule has 0 radical (unpaired) electrons. The fourth-order valence-corrected chi connectivity index (χ4v) is 4.03. The Hall–Kier alpha value is -1.72. The molecule has 1 aliphatic heterocycles. The summed E-state index contributed by atoms with van der Waals surface area (Å²) in [4.78, 5) is 21.6. The molecule has 0 aliphatic carbocycles. The third-order valence-corrected chi connectivity index (χ3v) is 5.79. The molecule has 1 aromatic heterocycles. The molecular weight excluding hydrogens is 318 g/mol. The number of thiazole rings is 1. The zero-order valence-corrected chi connectivity index (χ0v) is 15.3. The quantitative estimate of drug-likeness (QED) is 0.836. The predicted octanol–water partition coefficient (Wildman–Crippen LogP) is 3.30. The monoisotopic (exact) mass is 343 g/mol. The van der Waals surface area contributed by atoms with Gasteiger partial charge in [0.1, 0.15) is 5.01 Å². The molecule has 128 valence electrons. The summed E-state index contributed by atoms with van der Waals surface area (Å²) in [5.74, 6) is 0.176. The van der Waals surface area contributed by atoms with Crippen molar-refractivity contribution in [2.24, 2.45) is 0 Å². The summed E-state index contributed by atoms with van der Waals surface area (Å²) in [6.07, 6.45) is 2.54. The lowest BCUT2D eigenvalue weighted by Crippen LogP contribution is -2.45. The summed E-state index contributed by atoms with van der Waals surface area (Å²) in [5.41, 5.74) is 1.99. The summed E-state index contributed by atoms with van der Waals surface area (Å²) >= 11 is 1.61. The van der Waals surface area contributed by atoms with Gasteiger partial charge in [0.2, 0.25) is 5.91 Å². The first kappa shape index (κ1) is 17.1. The van der Waals surface area contributed by atoms with E-state index in [0.717, 1.165) is 48.7 Å². The highest BCUT2D eigenvalue weighted by Gasteiger charge is 2.25. The average Bonchev–Trinajstić information content (AvgIpc) is 3.10. The Morgan fingerprint density at radius 1 is 1.29 bits per heavy atom. The van der Waals surface area contributed by atoms with Crippen molar-refractivity contribution in [2.45, 2.75) is 32.2 Å². The second-order valence-electron chi connectivity index (χ2n) is 6.36. The summed E-state index contributed by atoms with van der Waals surface area (Å²) in [6.45, 7) is 5.48. The van der Waals surface area contributed by atoms with Crippen LogP contribution in [0, 0.1) is 0 Å². The topological polar surface area (TPSA) is 36.4 Å². The minimum absolute atomic E-state index is 0.176. The molecule has 1 amide bonds. The minimum Gasteiger partial charge on any atom is -0.342 e. The number of carbonyl (C=O) groups is 1. The van der Waals surface area contributed by atoms with Gasteiger partial charge in [-0.25, -0.2) is 4.98 Å². The fraction of sp³-hybridized carbons (Fsp3) is 0.474. The van der Waals surface area contributed by atoms with Crippen LogP contribution in [-0.4, -0.2) is 53.4 Å². The normalized spacial score (nSPS) is 16.2. The smallest absolute Gasteiger partial charge is 0.228 e. The number of hydrogen-bond donors (Lipinski definition) is 0. The standard InChI is InChI=1S/C19H25N3OS/c1-3-22-11-9-17(10-12-22)21(2)18(23)13-16-14-24-19(20-16)15-7-5-4-6-8-15/h4-8,14,17H,3,9-13H2,1-2H3. The molecule has 4 nitrogen and oxygen atoms in total. The molecule has 5 heteroatoms. The molecule has 0 spiro atoms. The maximum absolute atomic E-state index is 12.6. The Labute approximate surface area is 148 Å². The molecule has 0 unspecified atom stereocenters. The van der Waals surface area contributed by atoms with E-state index in [4.69, 9.17) is 0 Å². The molecule has 0 N–H and O–H groups in total. The second-order valence-corrected chi connectivity index (χ2v) is 7.21. The van der Waals surface area contributed by atoms with Crippen molar-refractivity contribution in [3.63, 3.8) is 0 Å². The first-order chi connectivity index (χ1) is 11.7. The minimum atomic E-state index is 0.176. The number of nitrogens with zero attached hydrogens (tertiary/aromatic N) is 3. The van der Waals surface area contributed by atoms with Gasteiger partial charge in [-0.05, 0) is 19.4 Å². The van der Waals surface area contributed by atoms with Gasteiger partial charge < -0.3 is 9.80 Å². The summed E-state index contributed by atoms with van der Waals surface area (Å²) in [5, 5.41) is 2.99. The Morgan fingerprint density at radius 2 is 2.00 bits per heavy atom. The van der Waals surface area contributed by atoms with Crippen LogP contribution in [-0.2, 0) is 11.2 Å². The summed E-state index contributed by atoms with van der Waals surface area (Å²) < 4.78 is 0. The SMILES string of the molecule is CCN1CCC(N(C)C(=O)Cc2csc(-c3ccccc3)n2)CC1. The van der Waals surface area contributed by atoms with E-state index in [0.29, 0.717) is 12.5 Å². The fourth-order valence-electron chi connectivity index (χ4n) is 3.21. The van der Waals surface area contributed by atoms with E-state index < -0.39 is 0 Å². The van der Waals surface area contributed by atoms with Gasteiger partial charge in [0, 0.05) is 37.1 Å². The van der Waals surface area contributed by atoms with Crippen molar-refractivity contribution >= 4 is 17.2 Å². The average molecular weight is 343 g/mol. The van der Waals surface area contributed by atoms with Crippen LogP contribution in [0.1, 0.15) is 25.5 Å². The van der Waals surface area contributed by atoms with Crippen LogP contribution in [0.2, 0.25) is 0 Å². The molecule has 1 fully saturated rings. The van der Waals surface area contributed by atoms with Crippen molar-refractivity contribution in [1.82, 2.24) is 14.8 Å². The Balaban J connectivity index is 1.58. The molecule has 1 aliphatic rings. The maximum atomic E-state index is 12.6. The summed E-state index contributed by atoms with van der Waals surface area (Å²) in [6, 6.07) is 10.5. The van der Waals surface area contributed by atoms with E-state index in [9.17, 15) is 4.79 Å². The molecule has 2 heterocycles. The Kier molecular flexibility index (Phi) is 5.63. The van der Waals surface area contributed by atoms with Gasteiger partial charge >= 0.3 is 0 Å². The lowest BCUT2D eigenvalue weighted by atomic mass is 10.0. The van der Waals surface area contributed by atoms with Crippen LogP contribution in [0.3, 0.4) is 0 Å². The van der Waals surface area contributed by atoms with Crippen molar-refractivity contribution in [3.8, 4) is 10.6 Å². The molecule has 0 bridgehead atoms. The van der Waals surface area contributed by atoms with E-state index in [1.807, 2.05) is 35.5 Å². The highest BCUT2D eigenvalue weighted by molar-refractivity contribution is 7.13. The van der Waals surface area contributed by atoms with E-state index in [1.165, 1.54) is 0 Å². The van der Waals surface area contributed by atoms with Crippen molar-refractivity contribution in [2.75, 3.05) is 26.7 Å². The van der Waals surface area contributed by atoms with Crippen molar-refractivity contribution < 1.29 is 4.79 Å². The van der Waals surface area contributed by atoms with Gasteiger partial charge in [-0.15, -0.1) is 11.3 Å². The van der Waals surface area contributed by atoms with Crippen LogP contribution in [0.15, 0.2) is 35.7 Å². The number of benzene rings is 1. The molecule has 2 aromatic rings. The number of likely N-dealkylation sites (tertiary alicyclic amines) is 1. The van der Waals surface area contributed by atoms with Crippen molar-refractivity contribution in [3.05, 3.63) is 41.4 Å². The molecule has 1 aromatic carbocycles. The number of amides is 1. The van der Waals surface area contributed by atoms with Gasteiger partial charge in [-0.2, -0.15) is 0 Å². The zero-order chi connectivity index (χ0) is 16.9. The van der Waals surface area contributed by atoms with E-state index in [2.05, 4.69) is 28.9 Å². The predicted molar refractivity (Wildman–Crippen MR) is 99.2 cm³/mol. The number of likely N-dealkylation sites (N-methyl/N-ethyl adjacent to an activating group) is 1. The molecule has 24 heavy (non-hydrogen) atoms. The molecule has 0 atom stereocenters. The van der Waals surface area contributed by atoms with Gasteiger partial charge in [0.15, 0.2) is 0 Å². The lowest BCUT2D eigenvalue weighted by molar-refractivity contribution is -0.132. The summed E-state index contributed by atoms with van der Waals surface area (Å²) in [7, 11) is 1.94. The van der Waals surface area contributed by atoms with Crippen LogP contribution in [0.25, 0.3) is 10.6 Å². The molecular formula is C19H25N3OS. The largest absolute Gasteiger partial charge is 0.342 e. The molecule has 0 saturated carbocycles. The van der Waals surface area contributed by atoms with Crippen molar-refractivity contribution in [1.29, 1.82) is 0 Å². The van der Waals surface area contributed by atoms with Gasteiger partial charge in [-0.3, -0.25) is 4.79 Å². The highest BCUT2D eigenvalue weighted by atomic mass is 32.1. The zero-order valence-electron chi connectivity index (χ0n) is 14.4. The van der Waals surface area contributed by atoms with Crippen LogP contribution < -0.4 is 0 Å². The van der Waals surface area contributed by atoms with Gasteiger partial charge in [0.05, 0.1) is 12.1 Å². The molecule has 3 rings (SSSR count). The first-order valence-electron chi connectivity index (χ1n) is 8.65. The van der Waals surface area contributed by atoms with E-state index in [-0.39, 0.29) is 5.91 Å². The van der Waals surface area contributed by atoms with E-state index in [1.54, 1.807) is 11.3 Å². The third kappa shape index (κ3) is 4.02. The van der Waals surface area contributed by atoms with Gasteiger partial charge in [-0.1, -0.05) is 37.3 Å². The van der Waals surface area contributed by atoms with Crippen LogP contribution in [0.4, 0.5) is 0 Å².